The van der Waals surface area contributed by atoms with E-state index < -0.39 is 0 Å². The van der Waals surface area contributed by atoms with Crippen LogP contribution in [0.2, 0.25) is 0 Å². The third kappa shape index (κ3) is 2.11. The normalized spacial score (nSPS) is 23.9. The minimum Gasteiger partial charge on any atom is -0.496 e. The molecule has 2 aliphatic rings. The van der Waals surface area contributed by atoms with Crippen molar-refractivity contribution in [3.05, 3.63) is 11.8 Å². The van der Waals surface area contributed by atoms with Gasteiger partial charge in [0.15, 0.2) is 0 Å². The smallest absolute Gasteiger partial charge is 0.109 e. The van der Waals surface area contributed by atoms with E-state index in [0.29, 0.717) is 6.04 Å². The maximum atomic E-state index is 5.67. The maximum absolute atomic E-state index is 5.67. The molecule has 1 aliphatic heterocycles. The van der Waals surface area contributed by atoms with Crippen molar-refractivity contribution in [3.8, 4) is 0 Å². The van der Waals surface area contributed by atoms with Gasteiger partial charge >= 0.3 is 0 Å². The highest BCUT2D eigenvalue weighted by molar-refractivity contribution is 5.10. The molecule has 2 nitrogen and oxygen atoms in total. The van der Waals surface area contributed by atoms with E-state index in [-0.39, 0.29) is 0 Å². The molecule has 1 atom stereocenters. The van der Waals surface area contributed by atoms with Gasteiger partial charge in [-0.1, -0.05) is 13.3 Å². The Morgan fingerprint density at radius 3 is 2.93 bits per heavy atom. The summed E-state index contributed by atoms with van der Waals surface area (Å²) in [6, 6.07) is 0.520. The van der Waals surface area contributed by atoms with Crippen molar-refractivity contribution in [1.82, 2.24) is 5.32 Å². The van der Waals surface area contributed by atoms with Gasteiger partial charge in [-0.15, -0.1) is 0 Å². The molecule has 0 saturated heterocycles. The molecule has 1 aliphatic carbocycles. The summed E-state index contributed by atoms with van der Waals surface area (Å²) in [6.45, 7) is 4.23. The summed E-state index contributed by atoms with van der Waals surface area (Å²) in [5, 5.41) is 3.62. The van der Waals surface area contributed by atoms with E-state index in [2.05, 4.69) is 18.3 Å². The number of rotatable bonds is 5. The molecule has 0 aromatic heterocycles. The molecule has 14 heavy (non-hydrogen) atoms. The third-order valence-corrected chi connectivity index (χ3v) is 3.27. The standard InChI is InChI=1S/C12H21NO/c1-2-8-13-12(10-5-3-6-10)11-7-4-9-14-11/h7,10,12-13H,2-6,8-9H2,1H3. The van der Waals surface area contributed by atoms with E-state index >= 15 is 0 Å². The van der Waals surface area contributed by atoms with Gasteiger partial charge < -0.3 is 10.1 Å². The first-order valence-corrected chi connectivity index (χ1v) is 5.98. The Balaban J connectivity index is 1.90. The van der Waals surface area contributed by atoms with Gasteiger partial charge in [0, 0.05) is 6.42 Å². The van der Waals surface area contributed by atoms with Crippen LogP contribution in [0, 0.1) is 5.92 Å². The minimum absolute atomic E-state index is 0.520. The first-order valence-electron chi connectivity index (χ1n) is 5.98. The highest BCUT2D eigenvalue weighted by atomic mass is 16.5. The highest BCUT2D eigenvalue weighted by Crippen LogP contribution is 2.34. The summed E-state index contributed by atoms with van der Waals surface area (Å²) in [5.74, 6) is 2.06. The van der Waals surface area contributed by atoms with Crippen molar-refractivity contribution in [2.45, 2.75) is 45.1 Å². The number of hydrogen-bond donors (Lipinski definition) is 1. The quantitative estimate of drug-likeness (QED) is 0.727. The topological polar surface area (TPSA) is 21.3 Å². The van der Waals surface area contributed by atoms with E-state index in [1.54, 1.807) is 0 Å². The maximum Gasteiger partial charge on any atom is 0.109 e. The molecule has 1 saturated carbocycles. The Labute approximate surface area is 86.7 Å². The predicted molar refractivity (Wildman–Crippen MR) is 58.1 cm³/mol. The molecule has 1 N–H and O–H groups in total. The van der Waals surface area contributed by atoms with E-state index in [1.165, 1.54) is 31.4 Å². The van der Waals surface area contributed by atoms with Crippen molar-refractivity contribution in [2.75, 3.05) is 13.2 Å². The summed E-state index contributed by atoms with van der Waals surface area (Å²) in [4.78, 5) is 0. The lowest BCUT2D eigenvalue weighted by molar-refractivity contribution is 0.159. The Morgan fingerprint density at radius 1 is 1.57 bits per heavy atom. The monoisotopic (exact) mass is 195 g/mol. The van der Waals surface area contributed by atoms with Crippen molar-refractivity contribution in [2.24, 2.45) is 5.92 Å². The van der Waals surface area contributed by atoms with Gasteiger partial charge in [-0.2, -0.15) is 0 Å². The fourth-order valence-corrected chi connectivity index (χ4v) is 2.23. The van der Waals surface area contributed by atoms with Crippen LogP contribution >= 0.6 is 0 Å². The molecule has 1 unspecified atom stereocenters. The summed E-state index contributed by atoms with van der Waals surface area (Å²) < 4.78 is 5.67. The van der Waals surface area contributed by atoms with Gasteiger partial charge in [-0.3, -0.25) is 0 Å². The van der Waals surface area contributed by atoms with Crippen LogP contribution in [0.15, 0.2) is 11.8 Å². The highest BCUT2D eigenvalue weighted by Gasteiger charge is 2.31. The molecule has 0 radical (unpaired) electrons. The fourth-order valence-electron chi connectivity index (χ4n) is 2.23. The number of nitrogens with one attached hydrogen (secondary N) is 1. The summed E-state index contributed by atoms with van der Waals surface area (Å²) in [5.41, 5.74) is 0. The molecule has 1 heterocycles. The molecule has 2 rings (SSSR count). The Bertz CT molecular complexity index is 208. The zero-order chi connectivity index (χ0) is 9.80. The van der Waals surface area contributed by atoms with E-state index in [0.717, 1.165) is 25.5 Å². The lowest BCUT2D eigenvalue weighted by atomic mass is 9.79. The van der Waals surface area contributed by atoms with Crippen LogP contribution in [0.5, 0.6) is 0 Å². The second-order valence-electron chi connectivity index (χ2n) is 4.37. The van der Waals surface area contributed by atoms with Crippen molar-refractivity contribution < 1.29 is 4.74 Å². The fraction of sp³-hybridized carbons (Fsp3) is 0.833. The first kappa shape index (κ1) is 10.0. The zero-order valence-electron chi connectivity index (χ0n) is 9.09. The molecule has 0 bridgehead atoms. The van der Waals surface area contributed by atoms with Crippen molar-refractivity contribution in [1.29, 1.82) is 0 Å². The van der Waals surface area contributed by atoms with Crippen LogP contribution in [-0.4, -0.2) is 19.2 Å². The van der Waals surface area contributed by atoms with Crippen LogP contribution in [0.1, 0.15) is 39.0 Å². The van der Waals surface area contributed by atoms with Crippen LogP contribution in [0.4, 0.5) is 0 Å². The zero-order valence-corrected chi connectivity index (χ0v) is 9.09. The van der Waals surface area contributed by atoms with Gasteiger partial charge in [-0.25, -0.2) is 0 Å². The van der Waals surface area contributed by atoms with Gasteiger partial charge in [-0.05, 0) is 37.8 Å². The van der Waals surface area contributed by atoms with E-state index in [9.17, 15) is 0 Å². The Hall–Kier alpha value is -0.500. The van der Waals surface area contributed by atoms with Crippen LogP contribution in [0.3, 0.4) is 0 Å². The minimum atomic E-state index is 0.520. The Morgan fingerprint density at radius 2 is 2.43 bits per heavy atom. The van der Waals surface area contributed by atoms with Crippen LogP contribution < -0.4 is 5.32 Å². The molecule has 80 valence electrons. The second kappa shape index (κ2) is 4.83. The number of hydrogen-bond acceptors (Lipinski definition) is 2. The van der Waals surface area contributed by atoms with Crippen LogP contribution in [-0.2, 0) is 4.74 Å². The molecular weight excluding hydrogens is 174 g/mol. The third-order valence-electron chi connectivity index (χ3n) is 3.27. The predicted octanol–water partition coefficient (Wildman–Crippen LogP) is 2.46. The summed E-state index contributed by atoms with van der Waals surface area (Å²) in [6.07, 6.45) is 8.74. The van der Waals surface area contributed by atoms with Gasteiger partial charge in [0.25, 0.3) is 0 Å². The molecule has 0 spiro atoms. The van der Waals surface area contributed by atoms with Crippen molar-refractivity contribution in [3.63, 3.8) is 0 Å². The van der Waals surface area contributed by atoms with E-state index in [4.69, 9.17) is 4.74 Å². The molecule has 0 amide bonds. The second-order valence-corrected chi connectivity index (χ2v) is 4.37. The van der Waals surface area contributed by atoms with Gasteiger partial charge in [0.2, 0.25) is 0 Å². The first-order chi connectivity index (χ1) is 6.92. The number of ether oxygens (including phenoxy) is 1. The molecule has 2 heteroatoms. The lowest BCUT2D eigenvalue weighted by Crippen LogP contribution is -2.41. The largest absolute Gasteiger partial charge is 0.496 e. The van der Waals surface area contributed by atoms with Crippen molar-refractivity contribution >= 4 is 0 Å². The van der Waals surface area contributed by atoms with Crippen LogP contribution in [0.25, 0.3) is 0 Å². The van der Waals surface area contributed by atoms with Gasteiger partial charge in [0.1, 0.15) is 5.76 Å². The summed E-state index contributed by atoms with van der Waals surface area (Å²) in [7, 11) is 0. The average Bonchev–Trinajstić information content (AvgIpc) is 2.61. The summed E-state index contributed by atoms with van der Waals surface area (Å²) >= 11 is 0. The SMILES string of the molecule is CCCNC(C1=CCCO1)C1CCC1. The molecular formula is C12H21NO. The molecule has 0 aromatic carbocycles. The molecule has 0 aromatic rings. The van der Waals surface area contributed by atoms with E-state index in [1.807, 2.05) is 0 Å². The average molecular weight is 195 g/mol. The Kier molecular flexibility index (Phi) is 3.46. The molecule has 1 fully saturated rings. The van der Waals surface area contributed by atoms with Gasteiger partial charge in [0.05, 0.1) is 12.6 Å². The lowest BCUT2D eigenvalue weighted by Gasteiger charge is -2.34.